The van der Waals surface area contributed by atoms with Crippen LogP contribution in [0.2, 0.25) is 0 Å². The van der Waals surface area contributed by atoms with Gasteiger partial charge in [-0.25, -0.2) is 4.52 Å². The van der Waals surface area contributed by atoms with Crippen LogP contribution in [0.4, 0.5) is 0 Å². The van der Waals surface area contributed by atoms with E-state index < -0.39 is 0 Å². The summed E-state index contributed by atoms with van der Waals surface area (Å²) in [5.41, 5.74) is 3.92. The van der Waals surface area contributed by atoms with Gasteiger partial charge in [0.05, 0.1) is 11.7 Å². The molecule has 2 heterocycles. The van der Waals surface area contributed by atoms with E-state index in [0.29, 0.717) is 0 Å². The molecule has 0 amide bonds. The molecule has 2 rings (SSSR count). The molecule has 0 fully saturated rings. The van der Waals surface area contributed by atoms with Gasteiger partial charge in [-0.1, -0.05) is 26.8 Å². The highest BCUT2D eigenvalue weighted by Gasteiger charge is 2.18. The highest BCUT2D eigenvalue weighted by Crippen LogP contribution is 2.26. The SMILES string of the molecule is Cc1ccc2c(C(C)(C)C)cnn2c1. The van der Waals surface area contributed by atoms with Gasteiger partial charge in [0.1, 0.15) is 0 Å². The average molecular weight is 188 g/mol. The van der Waals surface area contributed by atoms with E-state index in [1.807, 2.05) is 10.7 Å². The van der Waals surface area contributed by atoms with E-state index >= 15 is 0 Å². The Morgan fingerprint density at radius 2 is 1.93 bits per heavy atom. The third kappa shape index (κ3) is 1.41. The molecule has 0 aromatic carbocycles. The van der Waals surface area contributed by atoms with Crippen LogP contribution in [0.15, 0.2) is 24.5 Å². The summed E-state index contributed by atoms with van der Waals surface area (Å²) in [5.74, 6) is 0. The smallest absolute Gasteiger partial charge is 0.0699 e. The fourth-order valence-electron chi connectivity index (χ4n) is 1.66. The molecule has 0 aliphatic rings. The molecule has 2 nitrogen and oxygen atoms in total. The minimum Gasteiger partial charge on any atom is -0.240 e. The molecule has 0 bridgehead atoms. The molecule has 0 aliphatic carbocycles. The molecule has 0 saturated heterocycles. The van der Waals surface area contributed by atoms with Gasteiger partial charge in [0.15, 0.2) is 0 Å². The van der Waals surface area contributed by atoms with Gasteiger partial charge in [0, 0.05) is 11.8 Å². The highest BCUT2D eigenvalue weighted by atomic mass is 15.2. The topological polar surface area (TPSA) is 17.3 Å². The Balaban J connectivity index is 2.70. The van der Waals surface area contributed by atoms with Gasteiger partial charge < -0.3 is 0 Å². The molecule has 74 valence electrons. The van der Waals surface area contributed by atoms with Crippen LogP contribution in [0.1, 0.15) is 31.9 Å². The second kappa shape index (κ2) is 2.84. The van der Waals surface area contributed by atoms with Crippen molar-refractivity contribution in [1.82, 2.24) is 9.61 Å². The van der Waals surface area contributed by atoms with E-state index in [-0.39, 0.29) is 5.41 Å². The predicted molar refractivity (Wildman–Crippen MR) is 58.6 cm³/mol. The molecular weight excluding hydrogens is 172 g/mol. The predicted octanol–water partition coefficient (Wildman–Crippen LogP) is 2.94. The minimum atomic E-state index is 0.164. The maximum absolute atomic E-state index is 4.36. The van der Waals surface area contributed by atoms with Crippen molar-refractivity contribution < 1.29 is 0 Å². The van der Waals surface area contributed by atoms with Crippen molar-refractivity contribution >= 4 is 5.52 Å². The molecular formula is C12H16N2. The number of aryl methyl sites for hydroxylation is 1. The molecule has 0 saturated carbocycles. The average Bonchev–Trinajstić information content (AvgIpc) is 2.45. The van der Waals surface area contributed by atoms with Gasteiger partial charge >= 0.3 is 0 Å². The zero-order valence-corrected chi connectivity index (χ0v) is 9.20. The van der Waals surface area contributed by atoms with Crippen LogP contribution in [0, 0.1) is 6.92 Å². The van der Waals surface area contributed by atoms with Crippen LogP contribution in [-0.2, 0) is 5.41 Å². The van der Waals surface area contributed by atoms with E-state index in [4.69, 9.17) is 0 Å². The van der Waals surface area contributed by atoms with Crippen molar-refractivity contribution in [2.45, 2.75) is 33.1 Å². The zero-order valence-electron chi connectivity index (χ0n) is 9.20. The summed E-state index contributed by atoms with van der Waals surface area (Å²) in [6, 6.07) is 4.27. The van der Waals surface area contributed by atoms with Gasteiger partial charge in [-0.15, -0.1) is 0 Å². The van der Waals surface area contributed by atoms with Crippen LogP contribution in [0.3, 0.4) is 0 Å². The second-order valence-corrected chi connectivity index (χ2v) is 4.84. The zero-order chi connectivity index (χ0) is 10.3. The first kappa shape index (κ1) is 9.25. The lowest BCUT2D eigenvalue weighted by atomic mass is 9.88. The van der Waals surface area contributed by atoms with Gasteiger partial charge in [0.25, 0.3) is 0 Å². The minimum absolute atomic E-state index is 0.164. The van der Waals surface area contributed by atoms with Crippen LogP contribution in [-0.4, -0.2) is 9.61 Å². The number of hydrogen-bond acceptors (Lipinski definition) is 1. The Morgan fingerprint density at radius 3 is 2.57 bits per heavy atom. The number of hydrogen-bond donors (Lipinski definition) is 0. The lowest BCUT2D eigenvalue weighted by molar-refractivity contribution is 0.595. The molecule has 2 aromatic rings. The number of aromatic nitrogens is 2. The Labute approximate surface area is 84.6 Å². The van der Waals surface area contributed by atoms with Crippen molar-refractivity contribution in [3.8, 4) is 0 Å². The standard InChI is InChI=1S/C12H16N2/c1-9-5-6-11-10(12(2,3)4)7-13-14(11)8-9/h5-8H,1-4H3. The lowest BCUT2D eigenvalue weighted by Gasteiger charge is -2.16. The highest BCUT2D eigenvalue weighted by molar-refractivity contribution is 5.56. The molecule has 0 radical (unpaired) electrons. The number of rotatable bonds is 0. The van der Waals surface area contributed by atoms with Crippen molar-refractivity contribution in [2.75, 3.05) is 0 Å². The van der Waals surface area contributed by atoms with Crippen LogP contribution < -0.4 is 0 Å². The molecule has 0 unspecified atom stereocenters. The molecule has 14 heavy (non-hydrogen) atoms. The first-order chi connectivity index (χ1) is 6.48. The summed E-state index contributed by atoms with van der Waals surface area (Å²) in [4.78, 5) is 0. The van der Waals surface area contributed by atoms with Gasteiger partial charge in [0.2, 0.25) is 0 Å². The summed E-state index contributed by atoms with van der Waals surface area (Å²) in [6.07, 6.45) is 4.03. The summed E-state index contributed by atoms with van der Waals surface area (Å²) in [7, 11) is 0. The van der Waals surface area contributed by atoms with E-state index in [2.05, 4.69) is 51.1 Å². The first-order valence-electron chi connectivity index (χ1n) is 4.93. The first-order valence-corrected chi connectivity index (χ1v) is 4.93. The van der Waals surface area contributed by atoms with E-state index in [1.165, 1.54) is 16.6 Å². The molecule has 2 heteroatoms. The third-order valence-electron chi connectivity index (χ3n) is 2.47. The Kier molecular flexibility index (Phi) is 1.88. The summed E-state index contributed by atoms with van der Waals surface area (Å²) >= 11 is 0. The monoisotopic (exact) mass is 188 g/mol. The summed E-state index contributed by atoms with van der Waals surface area (Å²) < 4.78 is 1.95. The van der Waals surface area contributed by atoms with Gasteiger partial charge in [-0.05, 0) is 24.0 Å². The number of pyridine rings is 1. The van der Waals surface area contributed by atoms with Crippen molar-refractivity contribution in [3.05, 3.63) is 35.7 Å². The van der Waals surface area contributed by atoms with E-state index in [1.54, 1.807) is 0 Å². The molecule has 0 N–H and O–H groups in total. The van der Waals surface area contributed by atoms with Crippen LogP contribution in [0.25, 0.3) is 5.52 Å². The molecule has 0 atom stereocenters. The normalized spacial score (nSPS) is 12.3. The largest absolute Gasteiger partial charge is 0.240 e. The molecule has 0 aliphatic heterocycles. The van der Waals surface area contributed by atoms with Crippen LogP contribution >= 0.6 is 0 Å². The lowest BCUT2D eigenvalue weighted by Crippen LogP contribution is -2.10. The van der Waals surface area contributed by atoms with Crippen LogP contribution in [0.5, 0.6) is 0 Å². The number of nitrogens with zero attached hydrogens (tertiary/aromatic N) is 2. The van der Waals surface area contributed by atoms with Gasteiger partial charge in [-0.2, -0.15) is 5.10 Å². The van der Waals surface area contributed by atoms with E-state index in [9.17, 15) is 0 Å². The Bertz CT molecular complexity index is 461. The fourth-order valence-corrected chi connectivity index (χ4v) is 1.66. The Hall–Kier alpha value is -1.31. The van der Waals surface area contributed by atoms with Crippen molar-refractivity contribution in [1.29, 1.82) is 0 Å². The van der Waals surface area contributed by atoms with Gasteiger partial charge in [-0.3, -0.25) is 0 Å². The number of fused-ring (bicyclic) bond motifs is 1. The second-order valence-electron chi connectivity index (χ2n) is 4.84. The quantitative estimate of drug-likeness (QED) is 0.621. The third-order valence-corrected chi connectivity index (χ3v) is 2.47. The maximum atomic E-state index is 4.36. The fraction of sp³-hybridized carbons (Fsp3) is 0.417. The summed E-state index contributed by atoms with van der Waals surface area (Å²) in [5, 5.41) is 4.36. The Morgan fingerprint density at radius 1 is 1.21 bits per heavy atom. The van der Waals surface area contributed by atoms with Crippen molar-refractivity contribution in [3.63, 3.8) is 0 Å². The molecule has 0 spiro atoms. The summed E-state index contributed by atoms with van der Waals surface area (Å²) in [6.45, 7) is 8.72. The van der Waals surface area contributed by atoms with E-state index in [0.717, 1.165) is 0 Å². The maximum Gasteiger partial charge on any atom is 0.0699 e. The molecule has 2 aromatic heterocycles. The van der Waals surface area contributed by atoms with Crippen molar-refractivity contribution in [2.24, 2.45) is 0 Å².